The molecule has 1 heterocycles. The first kappa shape index (κ1) is 12.5. The normalized spacial score (nSPS) is 10.1. The molecule has 0 spiro atoms. The lowest BCUT2D eigenvalue weighted by molar-refractivity contribution is 0.817. The lowest BCUT2D eigenvalue weighted by Crippen LogP contribution is -2.18. The molecule has 1 aromatic heterocycles. The van der Waals surface area contributed by atoms with Crippen molar-refractivity contribution in [1.82, 2.24) is 4.98 Å². The van der Waals surface area contributed by atoms with E-state index in [9.17, 15) is 4.91 Å². The molecule has 92 valence electrons. The zero-order chi connectivity index (χ0) is 12.8. The fraction of sp³-hybridized carbons (Fsp3) is 0.154. The van der Waals surface area contributed by atoms with Crippen LogP contribution in [0.15, 0.2) is 54.1 Å². The standard InChI is InChI=1S/C13H12ClN3O/c14-12-3-5-13(6-4-12)17(16-18)9-7-11-2-1-8-15-10-11/h1-6,8,10H,7,9H2. The summed E-state index contributed by atoms with van der Waals surface area (Å²) < 4.78 is 0. The second-order valence-corrected chi connectivity index (χ2v) is 4.23. The quantitative estimate of drug-likeness (QED) is 0.612. The third-order valence-corrected chi connectivity index (χ3v) is 2.81. The van der Waals surface area contributed by atoms with Gasteiger partial charge in [-0.3, -0.25) is 4.98 Å². The minimum Gasteiger partial charge on any atom is -0.264 e. The van der Waals surface area contributed by atoms with Crippen molar-refractivity contribution in [3.8, 4) is 0 Å². The van der Waals surface area contributed by atoms with E-state index < -0.39 is 0 Å². The third-order valence-electron chi connectivity index (χ3n) is 2.56. The number of pyridine rings is 1. The summed E-state index contributed by atoms with van der Waals surface area (Å²) in [6.07, 6.45) is 4.21. The molecule has 0 saturated carbocycles. The van der Waals surface area contributed by atoms with Crippen LogP contribution in [0.3, 0.4) is 0 Å². The summed E-state index contributed by atoms with van der Waals surface area (Å²) in [6, 6.07) is 10.9. The van der Waals surface area contributed by atoms with Crippen LogP contribution in [-0.4, -0.2) is 11.5 Å². The molecule has 0 saturated heterocycles. The summed E-state index contributed by atoms with van der Waals surface area (Å²) in [4.78, 5) is 14.9. The lowest BCUT2D eigenvalue weighted by atomic mass is 10.2. The Bertz CT molecular complexity index is 501. The van der Waals surface area contributed by atoms with Gasteiger partial charge in [0.1, 0.15) is 0 Å². The largest absolute Gasteiger partial charge is 0.264 e. The highest BCUT2D eigenvalue weighted by atomic mass is 35.5. The summed E-state index contributed by atoms with van der Waals surface area (Å²) >= 11 is 5.80. The van der Waals surface area contributed by atoms with Crippen LogP contribution in [0, 0.1) is 4.91 Å². The molecule has 1 aromatic carbocycles. The zero-order valence-corrected chi connectivity index (χ0v) is 10.4. The predicted octanol–water partition coefficient (Wildman–Crippen LogP) is 3.47. The highest BCUT2D eigenvalue weighted by Crippen LogP contribution is 2.18. The molecule has 0 N–H and O–H groups in total. The van der Waals surface area contributed by atoms with E-state index in [2.05, 4.69) is 10.3 Å². The summed E-state index contributed by atoms with van der Waals surface area (Å²) in [5.74, 6) is 0. The van der Waals surface area contributed by atoms with Crippen LogP contribution in [-0.2, 0) is 6.42 Å². The van der Waals surface area contributed by atoms with Gasteiger partial charge in [-0.15, -0.1) is 4.91 Å². The monoisotopic (exact) mass is 261 g/mol. The van der Waals surface area contributed by atoms with E-state index >= 15 is 0 Å². The Morgan fingerprint density at radius 1 is 1.22 bits per heavy atom. The third kappa shape index (κ3) is 3.28. The fourth-order valence-electron chi connectivity index (χ4n) is 1.61. The second-order valence-electron chi connectivity index (χ2n) is 3.79. The van der Waals surface area contributed by atoms with Gasteiger partial charge in [0.25, 0.3) is 0 Å². The van der Waals surface area contributed by atoms with Crippen LogP contribution in [0.2, 0.25) is 5.02 Å². The van der Waals surface area contributed by atoms with Crippen LogP contribution >= 0.6 is 11.6 Å². The first-order valence-electron chi connectivity index (χ1n) is 5.55. The van der Waals surface area contributed by atoms with Crippen molar-refractivity contribution in [2.75, 3.05) is 11.6 Å². The molecule has 0 aliphatic carbocycles. The van der Waals surface area contributed by atoms with E-state index in [1.54, 1.807) is 36.7 Å². The van der Waals surface area contributed by atoms with Crippen molar-refractivity contribution in [3.05, 3.63) is 64.3 Å². The lowest BCUT2D eigenvalue weighted by Gasteiger charge is -2.15. The number of hydrogen-bond donors (Lipinski definition) is 0. The molecule has 0 radical (unpaired) electrons. The minimum atomic E-state index is 0.511. The van der Waals surface area contributed by atoms with E-state index in [0.717, 1.165) is 11.3 Å². The van der Waals surface area contributed by atoms with Crippen molar-refractivity contribution < 1.29 is 0 Å². The Labute approximate surface area is 110 Å². The minimum absolute atomic E-state index is 0.511. The maximum Gasteiger partial charge on any atom is 0.0627 e. The van der Waals surface area contributed by atoms with Gasteiger partial charge in [-0.05, 0) is 42.3 Å². The highest BCUT2D eigenvalue weighted by Gasteiger charge is 2.06. The average Bonchev–Trinajstić information content (AvgIpc) is 2.42. The van der Waals surface area contributed by atoms with Gasteiger partial charge in [0, 0.05) is 24.0 Å². The molecule has 0 aliphatic rings. The maximum absolute atomic E-state index is 10.8. The van der Waals surface area contributed by atoms with Crippen LogP contribution < -0.4 is 5.01 Å². The van der Waals surface area contributed by atoms with Gasteiger partial charge in [0.2, 0.25) is 0 Å². The SMILES string of the molecule is O=NN(CCc1cccnc1)c1ccc(Cl)cc1. The number of nitroso groups, excluding NO2 is 1. The fourth-order valence-corrected chi connectivity index (χ4v) is 1.74. The molecule has 0 aliphatic heterocycles. The molecule has 2 rings (SSSR count). The number of hydrogen-bond acceptors (Lipinski definition) is 3. The van der Waals surface area contributed by atoms with Crippen molar-refractivity contribution in [1.29, 1.82) is 0 Å². The molecular weight excluding hydrogens is 250 g/mol. The smallest absolute Gasteiger partial charge is 0.0627 e. The van der Waals surface area contributed by atoms with E-state index in [1.807, 2.05) is 12.1 Å². The maximum atomic E-state index is 10.8. The molecule has 0 bridgehead atoms. The summed E-state index contributed by atoms with van der Waals surface area (Å²) in [7, 11) is 0. The molecule has 0 unspecified atom stereocenters. The number of aromatic nitrogens is 1. The number of rotatable bonds is 5. The van der Waals surface area contributed by atoms with Gasteiger partial charge in [0.15, 0.2) is 0 Å². The van der Waals surface area contributed by atoms with Crippen molar-refractivity contribution >= 4 is 17.3 Å². The highest BCUT2D eigenvalue weighted by molar-refractivity contribution is 6.30. The summed E-state index contributed by atoms with van der Waals surface area (Å²) in [5.41, 5.74) is 1.80. The predicted molar refractivity (Wildman–Crippen MR) is 72.5 cm³/mol. The Morgan fingerprint density at radius 3 is 2.61 bits per heavy atom. The van der Waals surface area contributed by atoms with Crippen LogP contribution in [0.1, 0.15) is 5.56 Å². The summed E-state index contributed by atoms with van der Waals surface area (Å²) in [6.45, 7) is 0.511. The van der Waals surface area contributed by atoms with E-state index in [1.165, 1.54) is 5.01 Å². The summed E-state index contributed by atoms with van der Waals surface area (Å²) in [5, 5.41) is 5.06. The number of nitrogens with zero attached hydrogens (tertiary/aromatic N) is 3. The molecule has 18 heavy (non-hydrogen) atoms. The Hall–Kier alpha value is -1.94. The second kappa shape index (κ2) is 6.12. The Kier molecular flexibility index (Phi) is 4.25. The molecule has 2 aromatic rings. The average molecular weight is 262 g/mol. The molecular formula is C13H12ClN3O. The van der Waals surface area contributed by atoms with Crippen LogP contribution in [0.5, 0.6) is 0 Å². The zero-order valence-electron chi connectivity index (χ0n) is 9.66. The molecule has 0 atom stereocenters. The molecule has 0 amide bonds. The Morgan fingerprint density at radius 2 is 2.00 bits per heavy atom. The first-order chi connectivity index (χ1) is 8.79. The van der Waals surface area contributed by atoms with Gasteiger partial charge < -0.3 is 0 Å². The van der Waals surface area contributed by atoms with E-state index in [4.69, 9.17) is 11.6 Å². The van der Waals surface area contributed by atoms with Gasteiger partial charge in [-0.25, -0.2) is 5.01 Å². The van der Waals surface area contributed by atoms with Crippen molar-refractivity contribution in [3.63, 3.8) is 0 Å². The van der Waals surface area contributed by atoms with Crippen LogP contribution in [0.25, 0.3) is 0 Å². The first-order valence-corrected chi connectivity index (χ1v) is 5.92. The number of halogens is 1. The van der Waals surface area contributed by atoms with E-state index in [-0.39, 0.29) is 0 Å². The van der Waals surface area contributed by atoms with E-state index in [0.29, 0.717) is 18.0 Å². The molecule has 0 fully saturated rings. The Balaban J connectivity index is 2.02. The van der Waals surface area contributed by atoms with Crippen molar-refractivity contribution in [2.24, 2.45) is 5.29 Å². The van der Waals surface area contributed by atoms with Gasteiger partial charge in [-0.1, -0.05) is 17.7 Å². The van der Waals surface area contributed by atoms with Gasteiger partial charge in [0.05, 0.1) is 11.0 Å². The molecule has 5 heteroatoms. The topological polar surface area (TPSA) is 45.6 Å². The van der Waals surface area contributed by atoms with Gasteiger partial charge >= 0.3 is 0 Å². The van der Waals surface area contributed by atoms with Gasteiger partial charge in [-0.2, -0.15) is 0 Å². The van der Waals surface area contributed by atoms with Crippen molar-refractivity contribution in [2.45, 2.75) is 6.42 Å². The molecule has 4 nitrogen and oxygen atoms in total. The van der Waals surface area contributed by atoms with Crippen LogP contribution in [0.4, 0.5) is 5.69 Å². The number of benzene rings is 1. The number of anilines is 1.